The highest BCUT2D eigenvalue weighted by Gasteiger charge is 2.14. The minimum atomic E-state index is -0.658. The fourth-order valence-electron chi connectivity index (χ4n) is 4.16. The van der Waals surface area contributed by atoms with Crippen molar-refractivity contribution in [3.8, 4) is 28.1 Å². The van der Waals surface area contributed by atoms with Gasteiger partial charge in [-0.15, -0.1) is 0 Å². The maximum Gasteiger partial charge on any atom is 0.237 e. The Morgan fingerprint density at radius 3 is 2.55 bits per heavy atom. The molecule has 0 amide bonds. The van der Waals surface area contributed by atoms with Crippen molar-refractivity contribution in [1.29, 1.82) is 0 Å². The van der Waals surface area contributed by atoms with Crippen LogP contribution in [0, 0.1) is 11.6 Å². The van der Waals surface area contributed by atoms with Crippen molar-refractivity contribution in [2.45, 2.75) is 11.5 Å². The molecule has 0 saturated heterocycles. The first-order valence-electron chi connectivity index (χ1n) is 11.7. The number of hydrogen-bond donors (Lipinski definition) is 2. The van der Waals surface area contributed by atoms with Crippen molar-refractivity contribution in [3.63, 3.8) is 0 Å². The summed E-state index contributed by atoms with van der Waals surface area (Å²) in [7, 11) is 3.16. The third kappa shape index (κ3) is 5.25. The summed E-state index contributed by atoms with van der Waals surface area (Å²) in [6, 6.07) is 21.1. The molecule has 2 aromatic heterocycles. The monoisotopic (exact) mass is 530 g/mol. The number of anilines is 2. The first-order valence-corrected chi connectivity index (χ1v) is 12.5. The van der Waals surface area contributed by atoms with E-state index in [0.717, 1.165) is 56.7 Å². The predicted octanol–water partition coefficient (Wildman–Crippen LogP) is 7.10. The van der Waals surface area contributed by atoms with E-state index in [1.165, 1.54) is 19.2 Å². The largest absolute Gasteiger partial charge is 0.480 e. The second-order valence-electron chi connectivity index (χ2n) is 8.48. The number of pyridine rings is 2. The van der Waals surface area contributed by atoms with Crippen LogP contribution in [0.5, 0.6) is 5.88 Å². The van der Waals surface area contributed by atoms with Gasteiger partial charge in [-0.1, -0.05) is 30.3 Å². The number of rotatable bonds is 8. The van der Waals surface area contributed by atoms with Crippen LogP contribution < -0.4 is 15.2 Å². The number of benzene rings is 3. The number of methoxy groups -OCH3 is 2. The fourth-order valence-corrected chi connectivity index (χ4v) is 4.82. The SMILES string of the molecule is COCc1ccccc1-c1cc2cc(-c3cnc(OC)c(NSc4ccc(F)cc4F)c3)ccc2nc1N. The van der Waals surface area contributed by atoms with Crippen LogP contribution in [0.1, 0.15) is 5.56 Å². The summed E-state index contributed by atoms with van der Waals surface area (Å²) in [6.45, 7) is 0.459. The Bertz CT molecular complexity index is 1630. The van der Waals surface area contributed by atoms with E-state index in [1.54, 1.807) is 13.3 Å². The molecule has 0 fully saturated rings. The van der Waals surface area contributed by atoms with Crippen LogP contribution in [0.15, 0.2) is 83.9 Å². The molecule has 3 N–H and O–H groups in total. The lowest BCUT2D eigenvalue weighted by atomic mass is 9.97. The molecule has 0 aliphatic heterocycles. The maximum atomic E-state index is 14.1. The van der Waals surface area contributed by atoms with Crippen LogP contribution in [-0.4, -0.2) is 24.2 Å². The summed E-state index contributed by atoms with van der Waals surface area (Å²) in [4.78, 5) is 9.29. The van der Waals surface area contributed by atoms with Crippen LogP contribution in [-0.2, 0) is 11.3 Å². The quantitative estimate of drug-likeness (QED) is 0.207. The van der Waals surface area contributed by atoms with Gasteiger partial charge in [-0.25, -0.2) is 18.7 Å². The number of nitrogen functional groups attached to an aromatic ring is 1. The molecule has 9 heteroatoms. The van der Waals surface area contributed by atoms with E-state index in [0.29, 0.717) is 24.0 Å². The second kappa shape index (κ2) is 11.0. The smallest absolute Gasteiger partial charge is 0.237 e. The lowest BCUT2D eigenvalue weighted by Crippen LogP contribution is -1.99. The molecular weight excluding hydrogens is 506 g/mol. The average Bonchev–Trinajstić information content (AvgIpc) is 2.92. The lowest BCUT2D eigenvalue weighted by molar-refractivity contribution is 0.185. The van der Waals surface area contributed by atoms with E-state index in [2.05, 4.69) is 14.7 Å². The molecule has 0 bridgehead atoms. The molecule has 5 aromatic rings. The molecule has 0 radical (unpaired) electrons. The van der Waals surface area contributed by atoms with Crippen molar-refractivity contribution in [2.24, 2.45) is 0 Å². The van der Waals surface area contributed by atoms with Gasteiger partial charge in [0.15, 0.2) is 0 Å². The van der Waals surface area contributed by atoms with Gasteiger partial charge in [0.25, 0.3) is 0 Å². The van der Waals surface area contributed by atoms with Gasteiger partial charge in [-0.3, -0.25) is 0 Å². The van der Waals surface area contributed by atoms with Crippen LogP contribution in [0.2, 0.25) is 0 Å². The molecule has 0 saturated carbocycles. The van der Waals surface area contributed by atoms with Gasteiger partial charge >= 0.3 is 0 Å². The highest BCUT2D eigenvalue weighted by atomic mass is 32.2. The van der Waals surface area contributed by atoms with Gasteiger partial charge in [0, 0.05) is 35.9 Å². The fraction of sp³-hybridized carbons (Fsp3) is 0.103. The zero-order valence-electron chi connectivity index (χ0n) is 20.7. The number of fused-ring (bicyclic) bond motifs is 1. The Morgan fingerprint density at radius 2 is 1.76 bits per heavy atom. The first-order chi connectivity index (χ1) is 18.5. The van der Waals surface area contributed by atoms with E-state index in [1.807, 2.05) is 54.6 Å². The molecule has 3 aromatic carbocycles. The molecule has 2 heterocycles. The van der Waals surface area contributed by atoms with Gasteiger partial charge in [0.1, 0.15) is 23.1 Å². The van der Waals surface area contributed by atoms with Gasteiger partial charge < -0.3 is 19.9 Å². The van der Waals surface area contributed by atoms with Crippen LogP contribution in [0.4, 0.5) is 20.3 Å². The summed E-state index contributed by atoms with van der Waals surface area (Å²) in [5.41, 5.74) is 12.2. The van der Waals surface area contributed by atoms with E-state index in [9.17, 15) is 8.78 Å². The van der Waals surface area contributed by atoms with Gasteiger partial charge in [-0.05, 0) is 65.0 Å². The summed E-state index contributed by atoms with van der Waals surface area (Å²) >= 11 is 1.01. The van der Waals surface area contributed by atoms with Crippen molar-refractivity contribution in [3.05, 3.63) is 96.2 Å². The Kier molecular flexibility index (Phi) is 7.39. The zero-order valence-corrected chi connectivity index (χ0v) is 21.5. The normalized spacial score (nSPS) is 11.1. The Hall–Kier alpha value is -4.21. The number of nitrogens with zero attached hydrogens (tertiary/aromatic N) is 2. The lowest BCUT2D eigenvalue weighted by Gasteiger charge is -2.14. The number of halogens is 2. The molecule has 38 heavy (non-hydrogen) atoms. The van der Waals surface area contributed by atoms with Crippen molar-refractivity contribution < 1.29 is 18.3 Å². The average molecular weight is 531 g/mol. The van der Waals surface area contributed by atoms with E-state index < -0.39 is 11.6 Å². The number of ether oxygens (including phenoxy) is 2. The Balaban J connectivity index is 1.50. The van der Waals surface area contributed by atoms with Crippen molar-refractivity contribution in [1.82, 2.24) is 9.97 Å². The summed E-state index contributed by atoms with van der Waals surface area (Å²) in [5, 5.41) is 0.909. The molecule has 0 aliphatic carbocycles. The molecule has 0 unspecified atom stereocenters. The third-order valence-corrected chi connectivity index (χ3v) is 6.87. The van der Waals surface area contributed by atoms with Gasteiger partial charge in [-0.2, -0.15) is 0 Å². The third-order valence-electron chi connectivity index (χ3n) is 5.99. The molecule has 192 valence electrons. The standard InChI is InChI=1S/C29H24F2N4O2S/c1-36-16-18-5-3-4-6-22(18)23-12-19-11-17(7-9-25(19)34-28(23)32)20-13-26(29(37-2)33-15-20)35-38-27-10-8-21(30)14-24(27)31/h3-15,35H,16H2,1-2H3,(H2,32,34). The van der Waals surface area contributed by atoms with Crippen LogP contribution >= 0.6 is 11.9 Å². The van der Waals surface area contributed by atoms with Gasteiger partial charge in [0.05, 0.1) is 24.1 Å². The summed E-state index contributed by atoms with van der Waals surface area (Å²) in [5.74, 6) is -0.506. The highest BCUT2D eigenvalue weighted by molar-refractivity contribution is 8.00. The topological polar surface area (TPSA) is 82.3 Å². The van der Waals surface area contributed by atoms with Gasteiger partial charge in [0.2, 0.25) is 5.88 Å². The minimum Gasteiger partial charge on any atom is -0.480 e. The van der Waals surface area contributed by atoms with E-state index in [-0.39, 0.29) is 4.90 Å². The van der Waals surface area contributed by atoms with Crippen LogP contribution in [0.25, 0.3) is 33.2 Å². The molecule has 0 aliphatic rings. The van der Waals surface area contributed by atoms with Crippen molar-refractivity contribution >= 4 is 34.4 Å². The predicted molar refractivity (Wildman–Crippen MR) is 148 cm³/mol. The Labute approximate surface area is 223 Å². The number of nitrogens with one attached hydrogen (secondary N) is 1. The van der Waals surface area contributed by atoms with Crippen LogP contribution in [0.3, 0.4) is 0 Å². The Morgan fingerprint density at radius 1 is 0.921 bits per heavy atom. The summed E-state index contributed by atoms with van der Waals surface area (Å²) < 4.78 is 41.2. The molecule has 0 atom stereocenters. The first kappa shape index (κ1) is 25.4. The highest BCUT2D eigenvalue weighted by Crippen LogP contribution is 2.35. The minimum absolute atomic E-state index is 0.245. The molecule has 6 nitrogen and oxygen atoms in total. The van der Waals surface area contributed by atoms with E-state index >= 15 is 0 Å². The maximum absolute atomic E-state index is 14.1. The van der Waals surface area contributed by atoms with Crippen molar-refractivity contribution in [2.75, 3.05) is 24.7 Å². The van der Waals surface area contributed by atoms with E-state index in [4.69, 9.17) is 15.2 Å². The molecule has 0 spiro atoms. The number of aromatic nitrogens is 2. The number of nitrogens with two attached hydrogens (primary N) is 1. The zero-order chi connectivity index (χ0) is 26.6. The number of hydrogen-bond acceptors (Lipinski definition) is 7. The summed E-state index contributed by atoms with van der Waals surface area (Å²) in [6.07, 6.45) is 1.70. The molecule has 5 rings (SSSR count). The second-order valence-corrected chi connectivity index (χ2v) is 9.33. The molecular formula is C29H24F2N4O2S.